The normalized spacial score (nSPS) is 16.7. The van der Waals surface area contributed by atoms with Gasteiger partial charge in [-0.05, 0) is 45.0 Å². The second-order valence-electron chi connectivity index (χ2n) is 7.82. The topological polar surface area (TPSA) is 49.2 Å². The van der Waals surface area contributed by atoms with Crippen LogP contribution in [0.2, 0.25) is 0 Å². The van der Waals surface area contributed by atoms with E-state index in [-0.39, 0.29) is 11.9 Å². The zero-order valence-electron chi connectivity index (χ0n) is 17.9. The summed E-state index contributed by atoms with van der Waals surface area (Å²) in [6.07, 6.45) is -3.88. The third-order valence-electron chi connectivity index (χ3n) is 5.37. The fourth-order valence-corrected chi connectivity index (χ4v) is 4.09. The summed E-state index contributed by atoms with van der Waals surface area (Å²) in [5.74, 6) is 0.374. The molecular weight excluding hydrogens is 407 g/mol. The fourth-order valence-electron chi connectivity index (χ4n) is 4.09. The van der Waals surface area contributed by atoms with Crippen molar-refractivity contribution in [1.29, 1.82) is 0 Å². The second-order valence-corrected chi connectivity index (χ2v) is 7.82. The third kappa shape index (κ3) is 4.17. The van der Waals surface area contributed by atoms with E-state index in [4.69, 9.17) is 14.5 Å². The van der Waals surface area contributed by atoms with Crippen molar-refractivity contribution in [1.82, 2.24) is 14.5 Å². The van der Waals surface area contributed by atoms with Gasteiger partial charge in [0.25, 0.3) is 0 Å². The monoisotopic (exact) mass is 431 g/mol. The first kappa shape index (κ1) is 21.4. The number of nitrogens with zero attached hydrogens (tertiary/aromatic N) is 3. The van der Waals surface area contributed by atoms with E-state index in [0.717, 1.165) is 34.4 Å². The van der Waals surface area contributed by atoms with E-state index in [0.29, 0.717) is 31.0 Å². The Morgan fingerprint density at radius 3 is 2.42 bits per heavy atom. The Morgan fingerprint density at radius 1 is 1.06 bits per heavy atom. The molecule has 2 aromatic heterocycles. The van der Waals surface area contributed by atoms with Crippen molar-refractivity contribution in [3.8, 4) is 28.4 Å². The van der Waals surface area contributed by atoms with Gasteiger partial charge in [0.15, 0.2) is 0 Å². The number of alkyl halides is 3. The number of fused-ring (bicyclic) bond motifs is 1. The molecule has 8 heteroatoms. The molecule has 5 nitrogen and oxygen atoms in total. The molecule has 0 fully saturated rings. The van der Waals surface area contributed by atoms with Crippen molar-refractivity contribution in [3.05, 3.63) is 53.0 Å². The van der Waals surface area contributed by atoms with Gasteiger partial charge in [-0.1, -0.05) is 6.07 Å². The van der Waals surface area contributed by atoms with Crippen molar-refractivity contribution < 1.29 is 22.6 Å². The Morgan fingerprint density at radius 2 is 1.77 bits per heavy atom. The van der Waals surface area contributed by atoms with Gasteiger partial charge in [-0.2, -0.15) is 13.2 Å². The van der Waals surface area contributed by atoms with E-state index in [1.54, 1.807) is 0 Å². The summed E-state index contributed by atoms with van der Waals surface area (Å²) in [7, 11) is 1.24. The van der Waals surface area contributed by atoms with E-state index >= 15 is 0 Å². The molecule has 1 aromatic carbocycles. The van der Waals surface area contributed by atoms with E-state index in [9.17, 15) is 13.2 Å². The van der Waals surface area contributed by atoms with Crippen LogP contribution in [0.5, 0.6) is 5.75 Å². The summed E-state index contributed by atoms with van der Waals surface area (Å²) in [6.45, 7) is 6.95. The Bertz CT molecular complexity index is 1100. The van der Waals surface area contributed by atoms with Crippen LogP contribution in [0.25, 0.3) is 22.6 Å². The molecule has 1 aliphatic rings. The molecule has 0 saturated heterocycles. The van der Waals surface area contributed by atoms with E-state index in [1.165, 1.54) is 19.2 Å². The lowest BCUT2D eigenvalue weighted by Crippen LogP contribution is -2.15. The molecule has 31 heavy (non-hydrogen) atoms. The maximum absolute atomic E-state index is 13.3. The molecule has 0 amide bonds. The minimum absolute atomic E-state index is 0.0423. The Kier molecular flexibility index (Phi) is 5.51. The van der Waals surface area contributed by atoms with Gasteiger partial charge in [-0.3, -0.25) is 4.98 Å². The number of ether oxygens (including phenoxy) is 2. The second kappa shape index (κ2) is 8.00. The number of imidazole rings is 1. The zero-order valence-corrected chi connectivity index (χ0v) is 17.9. The van der Waals surface area contributed by atoms with Gasteiger partial charge in [-0.25, -0.2) is 4.98 Å². The summed E-state index contributed by atoms with van der Waals surface area (Å²) < 4.78 is 52.9. The number of aromatic nitrogens is 3. The summed E-state index contributed by atoms with van der Waals surface area (Å²) in [6, 6.07) is 7.85. The van der Waals surface area contributed by atoms with Crippen LogP contribution in [0.1, 0.15) is 29.6 Å². The molecule has 1 unspecified atom stereocenters. The predicted octanol–water partition coefficient (Wildman–Crippen LogP) is 5.22. The molecule has 3 aromatic rings. The van der Waals surface area contributed by atoms with E-state index in [2.05, 4.69) is 9.55 Å². The molecule has 164 valence electrons. The maximum atomic E-state index is 13.3. The summed E-state index contributed by atoms with van der Waals surface area (Å²) >= 11 is 0. The van der Waals surface area contributed by atoms with Crippen LogP contribution >= 0.6 is 0 Å². The van der Waals surface area contributed by atoms with E-state index in [1.807, 2.05) is 32.9 Å². The predicted molar refractivity (Wildman–Crippen MR) is 111 cm³/mol. The highest BCUT2D eigenvalue weighted by atomic mass is 19.4. The summed E-state index contributed by atoms with van der Waals surface area (Å²) in [5.41, 5.74) is 4.27. The average molecular weight is 431 g/mol. The number of aryl methyl sites for hydroxylation is 2. The van der Waals surface area contributed by atoms with Crippen LogP contribution in [0.4, 0.5) is 13.2 Å². The molecule has 0 aliphatic carbocycles. The Hall–Kier alpha value is -2.87. The fraction of sp³-hybridized carbons (Fsp3) is 0.391. The van der Waals surface area contributed by atoms with Gasteiger partial charge < -0.3 is 14.0 Å². The molecule has 0 spiro atoms. The average Bonchev–Trinajstić information content (AvgIpc) is 2.92. The minimum Gasteiger partial charge on any atom is -0.496 e. The number of hydrogen-bond acceptors (Lipinski definition) is 4. The Balaban J connectivity index is 1.92. The lowest BCUT2D eigenvalue weighted by molar-refractivity contribution is -0.138. The Labute approximate surface area is 178 Å². The van der Waals surface area contributed by atoms with Crippen LogP contribution < -0.4 is 4.74 Å². The minimum atomic E-state index is -4.49. The van der Waals surface area contributed by atoms with Crippen LogP contribution in [-0.2, 0) is 23.9 Å². The first-order valence-corrected chi connectivity index (χ1v) is 10.1. The highest BCUT2D eigenvalue weighted by molar-refractivity contribution is 5.70. The van der Waals surface area contributed by atoms with Crippen molar-refractivity contribution in [2.75, 3.05) is 13.7 Å². The van der Waals surface area contributed by atoms with Crippen LogP contribution in [0.15, 0.2) is 30.3 Å². The molecule has 0 saturated carbocycles. The first-order chi connectivity index (χ1) is 14.7. The highest BCUT2D eigenvalue weighted by Crippen LogP contribution is 2.39. The number of rotatable bonds is 3. The number of hydrogen-bond donors (Lipinski definition) is 0. The van der Waals surface area contributed by atoms with Crippen molar-refractivity contribution in [2.24, 2.45) is 0 Å². The largest absolute Gasteiger partial charge is 0.496 e. The highest BCUT2D eigenvalue weighted by Gasteiger charge is 2.35. The van der Waals surface area contributed by atoms with Gasteiger partial charge >= 0.3 is 6.18 Å². The smallest absolute Gasteiger partial charge is 0.419 e. The van der Waals surface area contributed by atoms with Crippen LogP contribution in [-0.4, -0.2) is 34.4 Å². The number of pyridine rings is 1. The first-order valence-electron chi connectivity index (χ1n) is 10.1. The van der Waals surface area contributed by atoms with Crippen molar-refractivity contribution in [3.63, 3.8) is 0 Å². The summed E-state index contributed by atoms with van der Waals surface area (Å²) in [4.78, 5) is 9.34. The molecule has 0 N–H and O–H groups in total. The van der Waals surface area contributed by atoms with Crippen LogP contribution in [0.3, 0.4) is 0 Å². The molecule has 0 radical (unpaired) electrons. The zero-order chi connectivity index (χ0) is 22.3. The number of benzene rings is 1. The number of methoxy groups -OCH3 is 1. The van der Waals surface area contributed by atoms with Gasteiger partial charge in [0, 0.05) is 34.6 Å². The molecule has 0 bridgehead atoms. The summed E-state index contributed by atoms with van der Waals surface area (Å²) in [5, 5.41) is 0. The van der Waals surface area contributed by atoms with Gasteiger partial charge in [0.05, 0.1) is 37.6 Å². The number of halogens is 3. The van der Waals surface area contributed by atoms with Crippen molar-refractivity contribution in [2.45, 2.75) is 46.0 Å². The lowest BCUT2D eigenvalue weighted by atomic mass is 10.1. The molecular formula is C23H24F3N3O2. The van der Waals surface area contributed by atoms with Gasteiger partial charge in [0.2, 0.25) is 0 Å². The molecule has 4 rings (SSSR count). The van der Waals surface area contributed by atoms with Crippen LogP contribution in [0, 0.1) is 13.8 Å². The maximum Gasteiger partial charge on any atom is 0.419 e. The lowest BCUT2D eigenvalue weighted by Gasteiger charge is -2.15. The third-order valence-corrected chi connectivity index (χ3v) is 5.37. The SMILES string of the molecule is COc1cc(-c2nc(-c3cc(C)nc(C)c3)c3n2CC(C)OCC3)ccc1C(F)(F)F. The van der Waals surface area contributed by atoms with E-state index < -0.39 is 11.7 Å². The molecule has 1 aliphatic heterocycles. The van der Waals surface area contributed by atoms with Gasteiger partial charge in [0.1, 0.15) is 11.6 Å². The molecule has 1 atom stereocenters. The standard InChI is InChI=1S/C23H24F3N3O2/c1-13-9-17(10-14(2)27-13)21-19-7-8-31-15(3)12-29(19)22(28-21)16-5-6-18(23(24,25)26)20(11-16)30-4/h5-6,9-11,15H,7-8,12H2,1-4H3. The molecule has 3 heterocycles. The van der Waals surface area contributed by atoms with Gasteiger partial charge in [-0.15, -0.1) is 0 Å². The van der Waals surface area contributed by atoms with Crippen molar-refractivity contribution >= 4 is 0 Å². The quantitative estimate of drug-likeness (QED) is 0.571.